The van der Waals surface area contributed by atoms with E-state index in [1.165, 1.54) is 6.92 Å². The van der Waals surface area contributed by atoms with Gasteiger partial charge < -0.3 is 14.0 Å². The van der Waals surface area contributed by atoms with Gasteiger partial charge in [0.1, 0.15) is 0 Å². The predicted molar refractivity (Wildman–Crippen MR) is 51.4 cm³/mol. The van der Waals surface area contributed by atoms with Crippen molar-refractivity contribution in [3.63, 3.8) is 0 Å². The van der Waals surface area contributed by atoms with Crippen molar-refractivity contribution in [1.29, 1.82) is 0 Å². The monoisotopic (exact) mass is 310 g/mol. The summed E-state index contributed by atoms with van der Waals surface area (Å²) in [6.45, 7) is 1.53. The molecule has 0 saturated heterocycles. The molecule has 19 heavy (non-hydrogen) atoms. The van der Waals surface area contributed by atoms with Crippen LogP contribution in [0.4, 0.5) is 8.78 Å². The minimum absolute atomic E-state index is 0. The average molecular weight is 310 g/mol. The number of ether oxygens (including phenoxy) is 2. The van der Waals surface area contributed by atoms with Gasteiger partial charge in [0, 0.05) is 5.57 Å². The van der Waals surface area contributed by atoms with Crippen LogP contribution in [0.3, 0.4) is 0 Å². The van der Waals surface area contributed by atoms with Crippen LogP contribution in [-0.2, 0) is 29.2 Å². The first-order valence-corrected chi connectivity index (χ1v) is 5.69. The zero-order valence-corrected chi connectivity index (χ0v) is 13.0. The molecule has 0 rings (SSSR count). The van der Waals surface area contributed by atoms with Crippen LogP contribution in [0, 0.1) is 0 Å². The third-order valence-corrected chi connectivity index (χ3v) is 2.29. The molecule has 0 atom stereocenters. The van der Waals surface area contributed by atoms with Gasteiger partial charge in [-0.25, -0.2) is 18.0 Å². The summed E-state index contributed by atoms with van der Waals surface area (Å²) in [5.41, 5.74) is -0.0322. The van der Waals surface area contributed by atoms with E-state index >= 15 is 0 Å². The Labute approximate surface area is 130 Å². The first kappa shape index (κ1) is 20.8. The largest absolute Gasteiger partial charge is 1.00 e. The van der Waals surface area contributed by atoms with Crippen molar-refractivity contribution in [3.8, 4) is 0 Å². The molecule has 0 spiro atoms. The van der Waals surface area contributed by atoms with Gasteiger partial charge in [-0.05, 0) is 6.92 Å². The van der Waals surface area contributed by atoms with Gasteiger partial charge in [0.2, 0.25) is 0 Å². The number of halogens is 2. The van der Waals surface area contributed by atoms with E-state index in [4.69, 9.17) is 0 Å². The Kier molecular flexibility index (Phi) is 8.63. The number of esters is 2. The second kappa shape index (κ2) is 7.90. The maximum absolute atomic E-state index is 12.5. The maximum atomic E-state index is 12.5. The van der Waals surface area contributed by atoms with E-state index in [1.807, 2.05) is 0 Å². The summed E-state index contributed by atoms with van der Waals surface area (Å²) in [6.07, 6.45) is 0. The van der Waals surface area contributed by atoms with Gasteiger partial charge in [-0.2, -0.15) is 8.78 Å². The van der Waals surface area contributed by atoms with Crippen molar-refractivity contribution in [2.45, 2.75) is 12.2 Å². The first-order valence-electron chi connectivity index (χ1n) is 4.29. The quantitative estimate of drug-likeness (QED) is 0.220. The van der Waals surface area contributed by atoms with E-state index in [1.54, 1.807) is 0 Å². The van der Waals surface area contributed by atoms with Crippen molar-refractivity contribution < 1.29 is 70.4 Å². The minimum Gasteiger partial charge on any atom is -0.743 e. The summed E-state index contributed by atoms with van der Waals surface area (Å²) in [4.78, 5) is 21.6. The Morgan fingerprint density at radius 1 is 1.32 bits per heavy atom. The molecule has 0 aromatic rings. The van der Waals surface area contributed by atoms with E-state index in [0.29, 0.717) is 0 Å². The summed E-state index contributed by atoms with van der Waals surface area (Å²) in [6, 6.07) is 0. The van der Waals surface area contributed by atoms with Gasteiger partial charge in [0.05, 0.1) is 0 Å². The average Bonchev–Trinajstić information content (AvgIpc) is 2.21. The molecule has 0 saturated carbocycles. The van der Waals surface area contributed by atoms with E-state index < -0.39 is 40.5 Å². The predicted octanol–water partition coefficient (Wildman–Crippen LogP) is -3.21. The molecule has 0 fully saturated rings. The summed E-state index contributed by atoms with van der Waals surface area (Å²) >= 11 is 0. The second-order valence-corrected chi connectivity index (χ2v) is 4.61. The van der Waals surface area contributed by atoms with Gasteiger partial charge in [0.25, 0.3) is 0 Å². The molecule has 0 unspecified atom stereocenters. The third-order valence-electron chi connectivity index (χ3n) is 1.44. The number of carbonyl (C=O) groups excluding carboxylic acids is 2. The molecular weight excluding hydrogens is 301 g/mol. The Morgan fingerprint density at radius 2 is 1.79 bits per heavy atom. The standard InChI is InChI=1S/C8H10F2O7S.Na/c1-5(2)7(12)16-3-6(11)17-4-8(9,10)18(13,14)15;/h1,3-4H2,2H3,(H,13,14,15);/q;+1/p-1. The summed E-state index contributed by atoms with van der Waals surface area (Å²) in [5.74, 6) is -2.37. The van der Waals surface area contributed by atoms with Crippen molar-refractivity contribution in [1.82, 2.24) is 0 Å². The normalized spacial score (nSPS) is 11.2. The minimum atomic E-state index is -5.93. The molecule has 11 heteroatoms. The van der Waals surface area contributed by atoms with Gasteiger partial charge in [-0.15, -0.1) is 0 Å². The van der Waals surface area contributed by atoms with Gasteiger partial charge in [-0.3, -0.25) is 0 Å². The molecule has 104 valence electrons. The number of hydrogen-bond acceptors (Lipinski definition) is 7. The molecule has 0 heterocycles. The molecule has 7 nitrogen and oxygen atoms in total. The van der Waals surface area contributed by atoms with Gasteiger partial charge in [-0.1, -0.05) is 6.58 Å². The summed E-state index contributed by atoms with van der Waals surface area (Å²) in [7, 11) is -5.93. The van der Waals surface area contributed by atoms with Crippen LogP contribution < -0.4 is 29.6 Å². The Hall–Kier alpha value is -0.550. The van der Waals surface area contributed by atoms with Gasteiger partial charge >= 0.3 is 46.8 Å². The van der Waals surface area contributed by atoms with Crippen LogP contribution in [0.25, 0.3) is 0 Å². The first-order chi connectivity index (χ1) is 7.97. The van der Waals surface area contributed by atoms with Crippen LogP contribution in [0.15, 0.2) is 12.2 Å². The third kappa shape index (κ3) is 7.57. The van der Waals surface area contributed by atoms with E-state index in [2.05, 4.69) is 16.1 Å². The Bertz CT molecular complexity index is 460. The molecule has 0 N–H and O–H groups in total. The topological polar surface area (TPSA) is 110 Å². The van der Waals surface area contributed by atoms with Gasteiger partial charge in [0.15, 0.2) is 23.3 Å². The Morgan fingerprint density at radius 3 is 2.16 bits per heavy atom. The fourth-order valence-corrected chi connectivity index (χ4v) is 0.729. The molecule has 0 aliphatic carbocycles. The molecule has 0 aliphatic rings. The van der Waals surface area contributed by atoms with E-state index in [9.17, 15) is 31.3 Å². The number of carbonyl (C=O) groups is 2. The van der Waals surface area contributed by atoms with Crippen molar-refractivity contribution >= 4 is 22.1 Å². The molecule has 0 aromatic heterocycles. The zero-order chi connectivity index (χ0) is 14.6. The molecule has 0 radical (unpaired) electrons. The molecule has 0 bridgehead atoms. The summed E-state index contributed by atoms with van der Waals surface area (Å²) in [5, 5.41) is -4.74. The van der Waals surface area contributed by atoms with Crippen LogP contribution in [0.1, 0.15) is 6.92 Å². The van der Waals surface area contributed by atoms with E-state index in [-0.39, 0.29) is 35.1 Å². The van der Waals surface area contributed by atoms with Crippen LogP contribution in [0.2, 0.25) is 0 Å². The molecule has 0 amide bonds. The van der Waals surface area contributed by atoms with Crippen LogP contribution >= 0.6 is 0 Å². The number of hydrogen-bond donors (Lipinski definition) is 0. The van der Waals surface area contributed by atoms with Crippen molar-refractivity contribution in [3.05, 3.63) is 12.2 Å². The van der Waals surface area contributed by atoms with Crippen molar-refractivity contribution in [2.75, 3.05) is 13.2 Å². The molecule has 0 aromatic carbocycles. The fraction of sp³-hybridized carbons (Fsp3) is 0.500. The second-order valence-electron chi connectivity index (χ2n) is 3.11. The maximum Gasteiger partial charge on any atom is 1.00 e. The van der Waals surface area contributed by atoms with E-state index in [0.717, 1.165) is 0 Å². The molecular formula is C8H9F2NaO7S. The van der Waals surface area contributed by atoms with Crippen LogP contribution in [0.5, 0.6) is 0 Å². The van der Waals surface area contributed by atoms with Crippen LogP contribution in [-0.4, -0.2) is 43.4 Å². The fourth-order valence-electron chi connectivity index (χ4n) is 0.526. The van der Waals surface area contributed by atoms with Crippen molar-refractivity contribution in [2.24, 2.45) is 0 Å². The smallest absolute Gasteiger partial charge is 0.743 e. The number of rotatable bonds is 6. The summed E-state index contributed by atoms with van der Waals surface area (Å²) < 4.78 is 63.1. The SMILES string of the molecule is C=C(C)C(=O)OCC(=O)OCC(F)(F)S(=O)(=O)[O-].[Na+]. The molecule has 0 aliphatic heterocycles. The number of alkyl halides is 2. The zero-order valence-electron chi connectivity index (χ0n) is 10.1. The Balaban J connectivity index is 0.